The highest BCUT2D eigenvalue weighted by molar-refractivity contribution is 7.99. The van der Waals surface area contributed by atoms with Crippen LogP contribution in [-0.2, 0) is 0 Å². The van der Waals surface area contributed by atoms with Crippen LogP contribution in [0.5, 0.6) is 0 Å². The highest BCUT2D eigenvalue weighted by Crippen LogP contribution is 2.30. The minimum Gasteiger partial charge on any atom is -0.359 e. The maximum Gasteiger partial charge on any atom is 0.290 e. The van der Waals surface area contributed by atoms with E-state index in [1.807, 2.05) is 50.2 Å². The van der Waals surface area contributed by atoms with Crippen molar-refractivity contribution >= 4 is 11.8 Å². The molecule has 1 aromatic carbocycles. The summed E-state index contributed by atoms with van der Waals surface area (Å²) in [6.45, 7) is 3.79. The Morgan fingerprint density at radius 1 is 1.10 bits per heavy atom. The highest BCUT2D eigenvalue weighted by Gasteiger charge is 2.23. The molecule has 0 aliphatic heterocycles. The molecule has 2 heterocycles. The summed E-state index contributed by atoms with van der Waals surface area (Å²) < 4.78 is 4.72. The molecule has 0 N–H and O–H groups in total. The van der Waals surface area contributed by atoms with Crippen LogP contribution in [0.4, 0.5) is 0 Å². The van der Waals surface area contributed by atoms with Gasteiger partial charge in [0.2, 0.25) is 5.69 Å². The lowest BCUT2D eigenvalue weighted by Gasteiger charge is -2.00. The van der Waals surface area contributed by atoms with E-state index in [0.29, 0.717) is 20.8 Å². The van der Waals surface area contributed by atoms with Gasteiger partial charge in [0.05, 0.1) is 5.16 Å². The highest BCUT2D eigenvalue weighted by atomic mass is 32.2. The average molecular weight is 300 g/mol. The Kier molecular flexibility index (Phi) is 3.57. The molecule has 6 nitrogen and oxygen atoms in total. The van der Waals surface area contributed by atoms with Gasteiger partial charge in [-0.15, -0.1) is 0 Å². The Morgan fingerprint density at radius 3 is 2.43 bits per heavy atom. The summed E-state index contributed by atoms with van der Waals surface area (Å²) >= 11 is 1.21. The number of aryl methyl sites for hydroxylation is 2. The van der Waals surface area contributed by atoms with Crippen LogP contribution < -0.4 is 4.90 Å². The van der Waals surface area contributed by atoms with Gasteiger partial charge in [0.15, 0.2) is 5.16 Å². The first-order valence-electron chi connectivity index (χ1n) is 6.29. The first kappa shape index (κ1) is 13.6. The van der Waals surface area contributed by atoms with E-state index in [0.717, 1.165) is 17.0 Å². The van der Waals surface area contributed by atoms with Gasteiger partial charge in [0.1, 0.15) is 0 Å². The zero-order chi connectivity index (χ0) is 14.8. The molecule has 3 aromatic rings. The summed E-state index contributed by atoms with van der Waals surface area (Å²) in [5, 5.41) is 16.6. The van der Waals surface area contributed by atoms with Crippen molar-refractivity contribution in [2.45, 2.75) is 24.0 Å². The van der Waals surface area contributed by atoms with E-state index < -0.39 is 0 Å². The van der Waals surface area contributed by atoms with Gasteiger partial charge in [0.25, 0.3) is 5.03 Å². The van der Waals surface area contributed by atoms with Crippen LogP contribution in [0, 0.1) is 19.1 Å². The molecule has 2 aromatic heterocycles. The molecule has 3 rings (SSSR count). The molecule has 0 bridgehead atoms. The van der Waals surface area contributed by atoms with E-state index >= 15 is 0 Å². The van der Waals surface area contributed by atoms with Crippen LogP contribution in [0.15, 0.2) is 51.2 Å². The minimum atomic E-state index is 0.364. The normalized spacial score (nSPS) is 10.8. The number of nitrogens with zero attached hydrogens (tertiary/aromatic N) is 4. The molecule has 0 aliphatic carbocycles. The zero-order valence-corrected chi connectivity index (χ0v) is 12.3. The molecule has 0 fully saturated rings. The molecular formula is C14H12N4O2S. The molecule has 21 heavy (non-hydrogen) atoms. The van der Waals surface area contributed by atoms with E-state index in [-0.39, 0.29) is 0 Å². The monoisotopic (exact) mass is 300 g/mol. The van der Waals surface area contributed by atoms with Gasteiger partial charge in [-0.2, -0.15) is 0 Å². The number of hydrogen-bond donors (Lipinski definition) is 0. The smallest absolute Gasteiger partial charge is 0.290 e. The predicted octanol–water partition coefficient (Wildman–Crippen LogP) is 2.53. The zero-order valence-electron chi connectivity index (χ0n) is 11.5. The minimum absolute atomic E-state index is 0.364. The Bertz CT molecular complexity index is 754. The molecule has 7 heteroatoms. The van der Waals surface area contributed by atoms with Crippen LogP contribution in [0.2, 0.25) is 0 Å². The van der Waals surface area contributed by atoms with E-state index in [9.17, 15) is 5.21 Å². The van der Waals surface area contributed by atoms with Crippen molar-refractivity contribution in [3.05, 3.63) is 53.0 Å². The first-order chi connectivity index (χ1) is 10.1. The third-order valence-electron chi connectivity index (χ3n) is 2.78. The molecule has 0 atom stereocenters. The summed E-state index contributed by atoms with van der Waals surface area (Å²) in [5.74, 6) is 0. The van der Waals surface area contributed by atoms with E-state index in [1.165, 1.54) is 11.8 Å². The van der Waals surface area contributed by atoms with Gasteiger partial charge < -0.3 is 5.21 Å². The van der Waals surface area contributed by atoms with Gasteiger partial charge in [-0.1, -0.05) is 30.3 Å². The lowest BCUT2D eigenvalue weighted by atomic mass is 10.2. The molecule has 0 spiro atoms. The van der Waals surface area contributed by atoms with Crippen molar-refractivity contribution < 1.29 is 9.53 Å². The van der Waals surface area contributed by atoms with Crippen LogP contribution >= 0.6 is 11.8 Å². The molecule has 0 saturated heterocycles. The van der Waals surface area contributed by atoms with Crippen molar-refractivity contribution in [1.82, 2.24) is 15.1 Å². The predicted molar refractivity (Wildman–Crippen MR) is 76.5 cm³/mol. The summed E-state index contributed by atoms with van der Waals surface area (Å²) in [4.78, 5) is 9.07. The molecule has 0 aliphatic rings. The average Bonchev–Trinajstić information content (AvgIpc) is 2.79. The van der Waals surface area contributed by atoms with E-state index in [2.05, 4.69) is 15.1 Å². The van der Waals surface area contributed by atoms with Crippen LogP contribution in [0.3, 0.4) is 0 Å². The number of hydrogen-bond acceptors (Lipinski definition) is 6. The van der Waals surface area contributed by atoms with Crippen LogP contribution in [0.1, 0.15) is 11.4 Å². The lowest BCUT2D eigenvalue weighted by molar-refractivity contribution is -0.793. The molecule has 0 saturated carbocycles. The van der Waals surface area contributed by atoms with Crippen LogP contribution in [-0.4, -0.2) is 15.1 Å². The quantitative estimate of drug-likeness (QED) is 0.546. The SMILES string of the molecule is Cc1cc(C)nc(Sc2no[n+]([O-])c2-c2ccccc2)n1. The van der Waals surface area contributed by atoms with Gasteiger partial charge >= 0.3 is 0 Å². The van der Waals surface area contributed by atoms with Crippen molar-refractivity contribution in [3.8, 4) is 11.3 Å². The number of aromatic nitrogens is 4. The maximum atomic E-state index is 11.8. The second-order valence-corrected chi connectivity index (χ2v) is 5.44. The fourth-order valence-electron chi connectivity index (χ4n) is 1.95. The molecular weight excluding hydrogens is 288 g/mol. The van der Waals surface area contributed by atoms with E-state index in [1.54, 1.807) is 0 Å². The van der Waals surface area contributed by atoms with Crippen molar-refractivity contribution in [3.63, 3.8) is 0 Å². The molecule has 0 unspecified atom stereocenters. The van der Waals surface area contributed by atoms with Crippen molar-refractivity contribution in [2.24, 2.45) is 0 Å². The van der Waals surface area contributed by atoms with E-state index in [4.69, 9.17) is 4.63 Å². The van der Waals surface area contributed by atoms with Crippen molar-refractivity contribution in [2.75, 3.05) is 0 Å². The van der Waals surface area contributed by atoms with Gasteiger partial charge in [0, 0.05) is 28.7 Å². The Labute approximate surface area is 125 Å². The molecule has 0 radical (unpaired) electrons. The second-order valence-electron chi connectivity index (χ2n) is 4.49. The second kappa shape index (κ2) is 5.53. The summed E-state index contributed by atoms with van der Waals surface area (Å²) in [6, 6.07) is 11.1. The summed E-state index contributed by atoms with van der Waals surface area (Å²) in [5.41, 5.74) is 2.83. The summed E-state index contributed by atoms with van der Waals surface area (Å²) in [6.07, 6.45) is 0. The standard InChI is InChI=1S/C14H12N4O2S/c1-9-8-10(2)16-14(15-9)21-13-12(18(19)20-17-13)11-6-4-3-5-7-11/h3-8H,1-2H3. The van der Waals surface area contributed by atoms with Gasteiger partial charge in [-0.05, 0) is 24.8 Å². The van der Waals surface area contributed by atoms with Gasteiger partial charge in [-0.25, -0.2) is 9.97 Å². The summed E-state index contributed by atoms with van der Waals surface area (Å²) in [7, 11) is 0. The fraction of sp³-hybridized carbons (Fsp3) is 0.143. The van der Waals surface area contributed by atoms with Gasteiger partial charge in [-0.3, -0.25) is 4.63 Å². The van der Waals surface area contributed by atoms with Crippen LogP contribution in [0.25, 0.3) is 11.3 Å². The lowest BCUT2D eigenvalue weighted by Crippen LogP contribution is -2.25. The maximum absolute atomic E-state index is 11.8. The number of rotatable bonds is 3. The largest absolute Gasteiger partial charge is 0.359 e. The Balaban J connectivity index is 2.00. The number of benzene rings is 1. The Morgan fingerprint density at radius 2 is 1.76 bits per heavy atom. The third-order valence-corrected chi connectivity index (χ3v) is 3.61. The molecule has 106 valence electrons. The third kappa shape index (κ3) is 2.87. The fourth-order valence-corrected chi connectivity index (χ4v) is 2.87. The van der Waals surface area contributed by atoms with Crippen molar-refractivity contribution in [1.29, 1.82) is 0 Å². The Hall–Kier alpha value is -2.41. The topological polar surface area (TPSA) is 78.8 Å². The molecule has 0 amide bonds. The first-order valence-corrected chi connectivity index (χ1v) is 7.10.